The Balaban J connectivity index is 0.00000196. The van der Waals surface area contributed by atoms with Crippen molar-refractivity contribution in [3.8, 4) is 0 Å². The molecule has 0 unspecified atom stereocenters. The average molecular weight is 238 g/mol. The molecule has 1 atom stereocenters. The molecule has 1 aliphatic heterocycles. The average Bonchev–Trinajstić information content (AvgIpc) is 2.15. The lowest BCUT2D eigenvalue weighted by molar-refractivity contribution is -0.145. The maximum absolute atomic E-state index is 11.1. The van der Waals surface area contributed by atoms with Gasteiger partial charge < -0.3 is 9.84 Å². The number of hydrogen-bond donors (Lipinski definition) is 1. The molecule has 1 rings (SSSR count). The number of nitrogens with zero attached hydrogens (tertiary/aromatic N) is 1. The van der Waals surface area contributed by atoms with Crippen molar-refractivity contribution >= 4 is 18.4 Å². The van der Waals surface area contributed by atoms with E-state index in [1.54, 1.807) is 0 Å². The zero-order valence-electron chi connectivity index (χ0n) is 9.31. The Bertz CT molecular complexity index is 193. The topological polar surface area (TPSA) is 49.8 Å². The molecule has 15 heavy (non-hydrogen) atoms. The second-order valence-corrected chi connectivity index (χ2v) is 4.13. The molecule has 0 aromatic carbocycles. The van der Waals surface area contributed by atoms with Gasteiger partial charge in [-0.15, -0.1) is 12.4 Å². The number of morpholine rings is 1. The van der Waals surface area contributed by atoms with Gasteiger partial charge in [0.25, 0.3) is 0 Å². The van der Waals surface area contributed by atoms with E-state index in [1.165, 1.54) is 0 Å². The molecule has 4 nitrogen and oxygen atoms in total. The first-order valence-electron chi connectivity index (χ1n) is 5.16. The van der Waals surface area contributed by atoms with E-state index in [9.17, 15) is 4.79 Å². The minimum Gasteiger partial charge on any atom is -0.480 e. The summed E-state index contributed by atoms with van der Waals surface area (Å²) in [5, 5.41) is 9.09. The molecule has 5 heteroatoms. The van der Waals surface area contributed by atoms with Gasteiger partial charge in [0.15, 0.2) is 0 Å². The minimum atomic E-state index is -0.708. The zero-order chi connectivity index (χ0) is 10.6. The van der Waals surface area contributed by atoms with Gasteiger partial charge in [-0.3, -0.25) is 9.69 Å². The molecule has 90 valence electrons. The molecule has 1 aliphatic rings. The van der Waals surface area contributed by atoms with Gasteiger partial charge in [-0.2, -0.15) is 0 Å². The number of rotatable bonds is 4. The summed E-state index contributed by atoms with van der Waals surface area (Å²) < 4.78 is 5.20. The van der Waals surface area contributed by atoms with Crippen molar-refractivity contribution in [2.75, 3.05) is 26.3 Å². The first-order valence-corrected chi connectivity index (χ1v) is 5.16. The Kier molecular flexibility index (Phi) is 6.89. The number of carboxylic acid groups (broad SMARTS) is 1. The van der Waals surface area contributed by atoms with E-state index in [0.717, 1.165) is 19.5 Å². The number of carbonyl (C=O) groups is 1. The van der Waals surface area contributed by atoms with Gasteiger partial charge in [0, 0.05) is 13.1 Å². The van der Waals surface area contributed by atoms with Crippen LogP contribution < -0.4 is 0 Å². The van der Waals surface area contributed by atoms with E-state index < -0.39 is 5.97 Å². The molecular weight excluding hydrogens is 218 g/mol. The number of carboxylic acids is 1. The zero-order valence-corrected chi connectivity index (χ0v) is 10.1. The summed E-state index contributed by atoms with van der Waals surface area (Å²) >= 11 is 0. The largest absolute Gasteiger partial charge is 0.480 e. The molecule has 1 saturated heterocycles. The summed E-state index contributed by atoms with van der Waals surface area (Å²) in [5.74, 6) is -0.292. The van der Waals surface area contributed by atoms with Gasteiger partial charge in [-0.25, -0.2) is 0 Å². The summed E-state index contributed by atoms with van der Waals surface area (Å²) in [6, 6.07) is -0.334. The molecule has 0 amide bonds. The SMILES string of the molecule is CC(C)C[C@@H](C(=O)O)N1CCOCC1.Cl. The van der Waals surface area contributed by atoms with Crippen LogP contribution in [0.5, 0.6) is 0 Å². The Hall–Kier alpha value is -0.320. The van der Waals surface area contributed by atoms with Gasteiger partial charge in [-0.1, -0.05) is 13.8 Å². The summed E-state index contributed by atoms with van der Waals surface area (Å²) in [6.45, 7) is 6.89. The van der Waals surface area contributed by atoms with Crippen LogP contribution in [0.2, 0.25) is 0 Å². The van der Waals surface area contributed by atoms with Crippen LogP contribution in [0.3, 0.4) is 0 Å². The standard InChI is InChI=1S/C10H19NO3.ClH/c1-8(2)7-9(10(12)13)11-3-5-14-6-4-11;/h8-9H,3-7H2,1-2H3,(H,12,13);1H/t9-;/m0./s1. The molecule has 0 bridgehead atoms. The van der Waals surface area contributed by atoms with Crippen LogP contribution in [-0.4, -0.2) is 48.3 Å². The van der Waals surface area contributed by atoms with E-state index >= 15 is 0 Å². The monoisotopic (exact) mass is 237 g/mol. The van der Waals surface area contributed by atoms with Crippen molar-refractivity contribution in [2.45, 2.75) is 26.3 Å². The molecule has 1 heterocycles. The highest BCUT2D eigenvalue weighted by Gasteiger charge is 2.27. The van der Waals surface area contributed by atoms with Crippen molar-refractivity contribution in [1.82, 2.24) is 4.90 Å². The van der Waals surface area contributed by atoms with Crippen LogP contribution in [0.15, 0.2) is 0 Å². The number of ether oxygens (including phenoxy) is 1. The Labute approximate surface area is 97.0 Å². The number of halogens is 1. The number of hydrogen-bond acceptors (Lipinski definition) is 3. The quantitative estimate of drug-likeness (QED) is 0.800. The lowest BCUT2D eigenvalue weighted by atomic mass is 10.0. The highest BCUT2D eigenvalue weighted by Crippen LogP contribution is 2.13. The van der Waals surface area contributed by atoms with Crippen molar-refractivity contribution in [3.05, 3.63) is 0 Å². The normalized spacial score (nSPS) is 19.7. The van der Waals surface area contributed by atoms with Gasteiger partial charge in [0.2, 0.25) is 0 Å². The molecule has 0 radical (unpaired) electrons. The highest BCUT2D eigenvalue weighted by atomic mass is 35.5. The van der Waals surface area contributed by atoms with E-state index in [-0.39, 0.29) is 18.4 Å². The van der Waals surface area contributed by atoms with E-state index in [0.29, 0.717) is 19.1 Å². The minimum absolute atomic E-state index is 0. The van der Waals surface area contributed by atoms with Crippen LogP contribution in [0.1, 0.15) is 20.3 Å². The van der Waals surface area contributed by atoms with Crippen LogP contribution in [0.4, 0.5) is 0 Å². The molecule has 0 saturated carbocycles. The van der Waals surface area contributed by atoms with Gasteiger partial charge >= 0.3 is 5.97 Å². The fourth-order valence-electron chi connectivity index (χ4n) is 1.74. The van der Waals surface area contributed by atoms with Gasteiger partial charge in [0.05, 0.1) is 13.2 Å². The second-order valence-electron chi connectivity index (χ2n) is 4.13. The van der Waals surface area contributed by atoms with Crippen LogP contribution in [0, 0.1) is 5.92 Å². The van der Waals surface area contributed by atoms with Crippen molar-refractivity contribution in [3.63, 3.8) is 0 Å². The van der Waals surface area contributed by atoms with E-state index in [1.807, 2.05) is 4.90 Å². The molecular formula is C10H20ClNO3. The maximum atomic E-state index is 11.1. The summed E-state index contributed by atoms with van der Waals surface area (Å²) in [5.41, 5.74) is 0. The Morgan fingerprint density at radius 2 is 1.93 bits per heavy atom. The molecule has 0 aromatic heterocycles. The highest BCUT2D eigenvalue weighted by molar-refractivity contribution is 5.85. The van der Waals surface area contributed by atoms with Crippen LogP contribution in [-0.2, 0) is 9.53 Å². The Morgan fingerprint density at radius 1 is 1.40 bits per heavy atom. The van der Waals surface area contributed by atoms with Gasteiger partial charge in [0.1, 0.15) is 6.04 Å². The maximum Gasteiger partial charge on any atom is 0.320 e. The van der Waals surface area contributed by atoms with Crippen molar-refractivity contribution < 1.29 is 14.6 Å². The Morgan fingerprint density at radius 3 is 2.33 bits per heavy atom. The molecule has 0 aromatic rings. The summed E-state index contributed by atoms with van der Waals surface area (Å²) in [4.78, 5) is 13.1. The lowest BCUT2D eigenvalue weighted by Gasteiger charge is -2.32. The second kappa shape index (κ2) is 7.04. The molecule has 0 aliphatic carbocycles. The third-order valence-corrected chi connectivity index (χ3v) is 2.47. The predicted molar refractivity (Wildman–Crippen MR) is 60.5 cm³/mol. The van der Waals surface area contributed by atoms with Crippen LogP contribution in [0.25, 0.3) is 0 Å². The van der Waals surface area contributed by atoms with Crippen molar-refractivity contribution in [1.29, 1.82) is 0 Å². The van der Waals surface area contributed by atoms with E-state index in [2.05, 4.69) is 13.8 Å². The fraction of sp³-hybridized carbons (Fsp3) is 0.900. The molecule has 1 N–H and O–H groups in total. The summed E-state index contributed by atoms with van der Waals surface area (Å²) in [6.07, 6.45) is 0.718. The molecule has 1 fully saturated rings. The fourth-order valence-corrected chi connectivity index (χ4v) is 1.74. The molecule has 0 spiro atoms. The third kappa shape index (κ3) is 4.82. The predicted octanol–water partition coefficient (Wildman–Crippen LogP) is 1.24. The third-order valence-electron chi connectivity index (χ3n) is 2.47. The first kappa shape index (κ1) is 14.7. The van der Waals surface area contributed by atoms with Gasteiger partial charge in [-0.05, 0) is 12.3 Å². The van der Waals surface area contributed by atoms with E-state index in [4.69, 9.17) is 9.84 Å². The first-order chi connectivity index (χ1) is 6.61. The summed E-state index contributed by atoms with van der Waals surface area (Å²) in [7, 11) is 0. The van der Waals surface area contributed by atoms with Crippen molar-refractivity contribution in [2.24, 2.45) is 5.92 Å². The number of aliphatic carboxylic acids is 1. The lowest BCUT2D eigenvalue weighted by Crippen LogP contribution is -2.47. The van der Waals surface area contributed by atoms with Crippen LogP contribution >= 0.6 is 12.4 Å². The smallest absolute Gasteiger partial charge is 0.320 e.